The second-order valence-corrected chi connectivity index (χ2v) is 5.36. The van der Waals surface area contributed by atoms with Crippen molar-refractivity contribution in [2.45, 2.75) is 44.6 Å². The molecule has 0 aromatic heterocycles. The van der Waals surface area contributed by atoms with Crippen molar-refractivity contribution in [2.24, 2.45) is 11.3 Å². The van der Waals surface area contributed by atoms with Gasteiger partial charge < -0.3 is 10.1 Å². The van der Waals surface area contributed by atoms with Crippen molar-refractivity contribution in [3.63, 3.8) is 0 Å². The molecule has 1 saturated carbocycles. The van der Waals surface area contributed by atoms with Crippen molar-refractivity contribution in [1.82, 2.24) is 5.32 Å². The lowest BCUT2D eigenvalue weighted by molar-refractivity contribution is -0.183. The molecule has 3 rings (SSSR count). The third kappa shape index (κ3) is 1.24. The standard InChI is InChI=1S/C12H21NO/c1-2-7-13-11(6-1)12(8-14-9-12)10-4-3-5-10/h10-11,13H,1-9H2. The molecule has 80 valence electrons. The molecular formula is C12H21NO. The van der Waals surface area contributed by atoms with E-state index < -0.39 is 0 Å². The van der Waals surface area contributed by atoms with Crippen molar-refractivity contribution < 1.29 is 4.74 Å². The van der Waals surface area contributed by atoms with Gasteiger partial charge in [-0.2, -0.15) is 0 Å². The molecule has 2 aliphatic heterocycles. The van der Waals surface area contributed by atoms with Crippen LogP contribution in [0.5, 0.6) is 0 Å². The van der Waals surface area contributed by atoms with Crippen molar-refractivity contribution in [3.8, 4) is 0 Å². The fourth-order valence-electron chi connectivity index (χ4n) is 3.38. The van der Waals surface area contributed by atoms with E-state index in [1.165, 1.54) is 45.1 Å². The monoisotopic (exact) mass is 195 g/mol. The van der Waals surface area contributed by atoms with E-state index in [9.17, 15) is 0 Å². The van der Waals surface area contributed by atoms with Gasteiger partial charge >= 0.3 is 0 Å². The zero-order chi connectivity index (χ0) is 9.43. The summed E-state index contributed by atoms with van der Waals surface area (Å²) in [7, 11) is 0. The molecule has 1 N–H and O–H groups in total. The molecule has 0 spiro atoms. The van der Waals surface area contributed by atoms with E-state index in [1.54, 1.807) is 0 Å². The second-order valence-electron chi connectivity index (χ2n) is 5.36. The molecule has 3 fully saturated rings. The van der Waals surface area contributed by atoms with Crippen LogP contribution < -0.4 is 5.32 Å². The van der Waals surface area contributed by atoms with Gasteiger partial charge in [0.25, 0.3) is 0 Å². The molecule has 0 radical (unpaired) electrons. The molecule has 0 aromatic carbocycles. The number of ether oxygens (including phenoxy) is 1. The third-order valence-electron chi connectivity index (χ3n) is 4.66. The highest BCUT2D eigenvalue weighted by Gasteiger charge is 2.52. The molecule has 0 amide bonds. The van der Waals surface area contributed by atoms with E-state index >= 15 is 0 Å². The molecule has 2 saturated heterocycles. The number of piperidine rings is 1. The zero-order valence-electron chi connectivity index (χ0n) is 8.93. The van der Waals surface area contributed by atoms with Gasteiger partial charge in [0.2, 0.25) is 0 Å². The first-order chi connectivity index (χ1) is 6.92. The normalized spacial score (nSPS) is 37.3. The maximum atomic E-state index is 5.51. The fourth-order valence-corrected chi connectivity index (χ4v) is 3.38. The van der Waals surface area contributed by atoms with Gasteiger partial charge in [0.1, 0.15) is 0 Å². The summed E-state index contributed by atoms with van der Waals surface area (Å²) in [4.78, 5) is 0. The van der Waals surface area contributed by atoms with Crippen LogP contribution in [0.4, 0.5) is 0 Å². The summed E-state index contributed by atoms with van der Waals surface area (Å²) < 4.78 is 5.51. The Morgan fingerprint density at radius 2 is 1.86 bits per heavy atom. The zero-order valence-corrected chi connectivity index (χ0v) is 8.93. The number of nitrogens with one attached hydrogen (secondary N) is 1. The molecule has 14 heavy (non-hydrogen) atoms. The fraction of sp³-hybridized carbons (Fsp3) is 1.00. The van der Waals surface area contributed by atoms with Gasteiger partial charge in [-0.25, -0.2) is 0 Å². The van der Waals surface area contributed by atoms with Gasteiger partial charge in [0.05, 0.1) is 13.2 Å². The molecule has 1 unspecified atom stereocenters. The maximum absolute atomic E-state index is 5.51. The summed E-state index contributed by atoms with van der Waals surface area (Å²) >= 11 is 0. The maximum Gasteiger partial charge on any atom is 0.0562 e. The van der Waals surface area contributed by atoms with Crippen LogP contribution in [0.1, 0.15) is 38.5 Å². The van der Waals surface area contributed by atoms with Gasteiger partial charge in [0.15, 0.2) is 0 Å². The van der Waals surface area contributed by atoms with E-state index in [0.29, 0.717) is 5.41 Å². The van der Waals surface area contributed by atoms with E-state index in [-0.39, 0.29) is 0 Å². The average molecular weight is 195 g/mol. The topological polar surface area (TPSA) is 21.3 Å². The van der Waals surface area contributed by atoms with Crippen molar-refractivity contribution in [3.05, 3.63) is 0 Å². The van der Waals surface area contributed by atoms with Crippen LogP contribution in [-0.4, -0.2) is 25.8 Å². The van der Waals surface area contributed by atoms with Gasteiger partial charge in [0, 0.05) is 11.5 Å². The summed E-state index contributed by atoms with van der Waals surface area (Å²) in [5, 5.41) is 3.73. The van der Waals surface area contributed by atoms with Crippen molar-refractivity contribution >= 4 is 0 Å². The van der Waals surface area contributed by atoms with Crippen LogP contribution in [-0.2, 0) is 4.74 Å². The lowest BCUT2D eigenvalue weighted by Crippen LogP contribution is -2.63. The highest BCUT2D eigenvalue weighted by atomic mass is 16.5. The van der Waals surface area contributed by atoms with Gasteiger partial charge in [-0.15, -0.1) is 0 Å². The van der Waals surface area contributed by atoms with E-state index in [2.05, 4.69) is 5.32 Å². The summed E-state index contributed by atoms with van der Waals surface area (Å²) in [6.45, 7) is 3.31. The SMILES string of the molecule is C1CCC(C2(C3CCC3)COC2)NC1. The largest absolute Gasteiger partial charge is 0.380 e. The van der Waals surface area contributed by atoms with Crippen molar-refractivity contribution in [1.29, 1.82) is 0 Å². The van der Waals surface area contributed by atoms with E-state index in [4.69, 9.17) is 4.74 Å². The molecule has 0 aromatic rings. The van der Waals surface area contributed by atoms with Crippen LogP contribution in [0.15, 0.2) is 0 Å². The van der Waals surface area contributed by atoms with Crippen LogP contribution in [0.3, 0.4) is 0 Å². The first kappa shape index (κ1) is 9.17. The molecule has 2 heterocycles. The third-order valence-corrected chi connectivity index (χ3v) is 4.66. The molecule has 1 atom stereocenters. The highest BCUT2D eigenvalue weighted by molar-refractivity contribution is 5.03. The molecule has 2 heteroatoms. The molecule has 0 bridgehead atoms. The number of rotatable bonds is 2. The van der Waals surface area contributed by atoms with Crippen LogP contribution in [0, 0.1) is 11.3 Å². The van der Waals surface area contributed by atoms with Gasteiger partial charge in [-0.1, -0.05) is 12.8 Å². The molecule has 2 nitrogen and oxygen atoms in total. The predicted molar refractivity (Wildman–Crippen MR) is 56.2 cm³/mol. The smallest absolute Gasteiger partial charge is 0.0562 e. The minimum Gasteiger partial charge on any atom is -0.380 e. The Kier molecular flexibility index (Phi) is 2.29. The Morgan fingerprint density at radius 1 is 1.00 bits per heavy atom. The Bertz CT molecular complexity index is 202. The summed E-state index contributed by atoms with van der Waals surface area (Å²) in [6.07, 6.45) is 8.56. The van der Waals surface area contributed by atoms with Crippen molar-refractivity contribution in [2.75, 3.05) is 19.8 Å². The molecule has 3 aliphatic rings. The molecule has 1 aliphatic carbocycles. The predicted octanol–water partition coefficient (Wildman–Crippen LogP) is 1.95. The highest BCUT2D eigenvalue weighted by Crippen LogP contribution is 2.50. The van der Waals surface area contributed by atoms with Crippen LogP contribution >= 0.6 is 0 Å². The van der Waals surface area contributed by atoms with Gasteiger partial charge in [-0.3, -0.25) is 0 Å². The average Bonchev–Trinajstić information content (AvgIpc) is 2.09. The first-order valence-corrected chi connectivity index (χ1v) is 6.23. The van der Waals surface area contributed by atoms with Crippen LogP contribution in [0.2, 0.25) is 0 Å². The lowest BCUT2D eigenvalue weighted by atomic mass is 9.59. The van der Waals surface area contributed by atoms with Gasteiger partial charge in [-0.05, 0) is 38.1 Å². The van der Waals surface area contributed by atoms with E-state index in [0.717, 1.165) is 25.2 Å². The van der Waals surface area contributed by atoms with E-state index in [1.807, 2.05) is 0 Å². The Morgan fingerprint density at radius 3 is 2.29 bits per heavy atom. The quantitative estimate of drug-likeness (QED) is 0.727. The lowest BCUT2D eigenvalue weighted by Gasteiger charge is -2.56. The summed E-state index contributed by atoms with van der Waals surface area (Å²) in [5.41, 5.74) is 0.554. The van der Waals surface area contributed by atoms with Crippen LogP contribution in [0.25, 0.3) is 0 Å². The molecular weight excluding hydrogens is 174 g/mol. The minimum atomic E-state index is 0.554. The summed E-state index contributed by atoms with van der Waals surface area (Å²) in [6, 6.07) is 0.773. The minimum absolute atomic E-state index is 0.554. The Hall–Kier alpha value is -0.0800. The number of hydrogen-bond acceptors (Lipinski definition) is 2. The first-order valence-electron chi connectivity index (χ1n) is 6.23. The Balaban J connectivity index is 1.71. The number of hydrogen-bond donors (Lipinski definition) is 1. The Labute approximate surface area is 86.4 Å². The summed E-state index contributed by atoms with van der Waals surface area (Å²) in [5.74, 6) is 0.979. The second kappa shape index (κ2) is 3.49.